The van der Waals surface area contributed by atoms with Gasteiger partial charge in [-0.25, -0.2) is 0 Å². The standard InChI is InChI=1S/C14H31N/c1-7-12(8-2)10-9-11-13(15-6)14(3,4)5/h12-13,15H,7-11H2,1-6H3. The fraction of sp³-hybridized carbons (Fsp3) is 1.00. The van der Waals surface area contributed by atoms with Gasteiger partial charge in [0.1, 0.15) is 0 Å². The second-order valence-electron chi connectivity index (χ2n) is 5.82. The third kappa shape index (κ3) is 6.19. The Labute approximate surface area is 97.0 Å². The molecule has 1 heteroatoms. The van der Waals surface area contributed by atoms with Crippen LogP contribution in [0.2, 0.25) is 0 Å². The molecule has 0 aliphatic rings. The van der Waals surface area contributed by atoms with E-state index in [1.54, 1.807) is 0 Å². The highest BCUT2D eigenvalue weighted by molar-refractivity contribution is 4.79. The summed E-state index contributed by atoms with van der Waals surface area (Å²) in [6.45, 7) is 11.6. The molecule has 0 radical (unpaired) electrons. The molecule has 92 valence electrons. The average molecular weight is 213 g/mol. The quantitative estimate of drug-likeness (QED) is 0.667. The topological polar surface area (TPSA) is 12.0 Å². The van der Waals surface area contributed by atoms with E-state index in [-0.39, 0.29) is 0 Å². The number of nitrogens with one attached hydrogen (secondary N) is 1. The Hall–Kier alpha value is -0.0400. The van der Waals surface area contributed by atoms with Crippen LogP contribution in [0.4, 0.5) is 0 Å². The third-order valence-electron chi connectivity index (χ3n) is 3.65. The summed E-state index contributed by atoms with van der Waals surface area (Å²) < 4.78 is 0. The summed E-state index contributed by atoms with van der Waals surface area (Å²) in [6.07, 6.45) is 6.78. The van der Waals surface area contributed by atoms with Crippen LogP contribution in [0.3, 0.4) is 0 Å². The van der Waals surface area contributed by atoms with Crippen LogP contribution >= 0.6 is 0 Å². The second kappa shape index (κ2) is 7.27. The Bertz CT molecular complexity index is 142. The maximum absolute atomic E-state index is 3.45. The van der Waals surface area contributed by atoms with Gasteiger partial charge in [0.15, 0.2) is 0 Å². The average Bonchev–Trinajstić information content (AvgIpc) is 2.16. The van der Waals surface area contributed by atoms with Gasteiger partial charge >= 0.3 is 0 Å². The molecule has 0 heterocycles. The van der Waals surface area contributed by atoms with Gasteiger partial charge in [-0.2, -0.15) is 0 Å². The molecule has 1 unspecified atom stereocenters. The summed E-state index contributed by atoms with van der Waals surface area (Å²) in [5, 5.41) is 3.45. The summed E-state index contributed by atoms with van der Waals surface area (Å²) in [4.78, 5) is 0. The predicted molar refractivity (Wildman–Crippen MR) is 70.2 cm³/mol. The molecular weight excluding hydrogens is 182 g/mol. The van der Waals surface area contributed by atoms with E-state index in [4.69, 9.17) is 0 Å². The highest BCUT2D eigenvalue weighted by Gasteiger charge is 2.22. The largest absolute Gasteiger partial charge is 0.316 e. The SMILES string of the molecule is CCC(CC)CCCC(NC)C(C)(C)C. The first-order valence-electron chi connectivity index (χ1n) is 6.62. The lowest BCUT2D eigenvalue weighted by Gasteiger charge is -2.30. The first-order valence-corrected chi connectivity index (χ1v) is 6.62. The summed E-state index contributed by atoms with van der Waals surface area (Å²) in [6, 6.07) is 0.659. The molecule has 0 rings (SSSR count). The smallest absolute Gasteiger partial charge is 0.0113 e. The lowest BCUT2D eigenvalue weighted by atomic mass is 9.83. The van der Waals surface area contributed by atoms with Crippen LogP contribution in [-0.2, 0) is 0 Å². The zero-order chi connectivity index (χ0) is 11.9. The molecule has 0 aromatic heterocycles. The van der Waals surface area contributed by atoms with E-state index in [2.05, 4.69) is 47.0 Å². The lowest BCUT2D eigenvalue weighted by molar-refractivity contribution is 0.256. The first kappa shape index (κ1) is 15.0. The molecule has 0 aromatic rings. The number of hydrogen-bond acceptors (Lipinski definition) is 1. The maximum atomic E-state index is 3.45. The minimum Gasteiger partial charge on any atom is -0.316 e. The summed E-state index contributed by atoms with van der Waals surface area (Å²) in [5.74, 6) is 0.947. The fourth-order valence-electron chi connectivity index (χ4n) is 2.32. The summed E-state index contributed by atoms with van der Waals surface area (Å²) >= 11 is 0. The van der Waals surface area contributed by atoms with E-state index in [9.17, 15) is 0 Å². The predicted octanol–water partition coefficient (Wildman–Crippen LogP) is 4.23. The van der Waals surface area contributed by atoms with Crippen LogP contribution < -0.4 is 5.32 Å². The minimum atomic E-state index is 0.392. The van der Waals surface area contributed by atoms with Crippen LogP contribution in [0, 0.1) is 11.3 Å². The van der Waals surface area contributed by atoms with Gasteiger partial charge in [0.2, 0.25) is 0 Å². The highest BCUT2D eigenvalue weighted by Crippen LogP contribution is 2.25. The highest BCUT2D eigenvalue weighted by atomic mass is 14.9. The molecular formula is C14H31N. The van der Waals surface area contributed by atoms with Crippen molar-refractivity contribution in [2.24, 2.45) is 11.3 Å². The molecule has 1 atom stereocenters. The van der Waals surface area contributed by atoms with Gasteiger partial charge in [0.05, 0.1) is 0 Å². The molecule has 0 aliphatic carbocycles. The van der Waals surface area contributed by atoms with Crippen molar-refractivity contribution in [1.29, 1.82) is 0 Å². The van der Waals surface area contributed by atoms with Crippen molar-refractivity contribution >= 4 is 0 Å². The summed E-state index contributed by atoms with van der Waals surface area (Å²) in [7, 11) is 2.09. The molecule has 0 spiro atoms. The third-order valence-corrected chi connectivity index (χ3v) is 3.65. The van der Waals surface area contributed by atoms with Gasteiger partial charge < -0.3 is 5.32 Å². The molecule has 0 saturated heterocycles. The molecule has 0 aromatic carbocycles. The van der Waals surface area contributed by atoms with E-state index in [0.717, 1.165) is 5.92 Å². The van der Waals surface area contributed by atoms with Crippen LogP contribution in [0.5, 0.6) is 0 Å². The molecule has 0 bridgehead atoms. The van der Waals surface area contributed by atoms with Crippen LogP contribution in [0.15, 0.2) is 0 Å². The molecule has 0 saturated carbocycles. The summed E-state index contributed by atoms with van der Waals surface area (Å²) in [5.41, 5.74) is 0.392. The second-order valence-corrected chi connectivity index (χ2v) is 5.82. The maximum Gasteiger partial charge on any atom is 0.0113 e. The van der Waals surface area contributed by atoms with Gasteiger partial charge in [-0.1, -0.05) is 60.3 Å². The first-order chi connectivity index (χ1) is 6.95. The fourth-order valence-corrected chi connectivity index (χ4v) is 2.32. The number of rotatable bonds is 7. The Morgan fingerprint density at radius 2 is 1.53 bits per heavy atom. The number of hydrogen-bond donors (Lipinski definition) is 1. The van der Waals surface area contributed by atoms with Crippen molar-refractivity contribution < 1.29 is 0 Å². The van der Waals surface area contributed by atoms with Gasteiger partial charge in [-0.3, -0.25) is 0 Å². The van der Waals surface area contributed by atoms with Crippen molar-refractivity contribution in [1.82, 2.24) is 5.32 Å². The van der Waals surface area contributed by atoms with E-state index in [0.29, 0.717) is 11.5 Å². The zero-order valence-corrected chi connectivity index (χ0v) is 11.7. The van der Waals surface area contributed by atoms with E-state index in [1.807, 2.05) is 0 Å². The molecule has 0 amide bonds. The Morgan fingerprint density at radius 3 is 1.87 bits per heavy atom. The van der Waals surface area contributed by atoms with Crippen molar-refractivity contribution in [3.63, 3.8) is 0 Å². The molecule has 0 aliphatic heterocycles. The van der Waals surface area contributed by atoms with E-state index < -0.39 is 0 Å². The van der Waals surface area contributed by atoms with Gasteiger partial charge in [0, 0.05) is 6.04 Å². The Kier molecular flexibility index (Phi) is 7.25. The van der Waals surface area contributed by atoms with Crippen molar-refractivity contribution in [2.75, 3.05) is 7.05 Å². The molecule has 1 N–H and O–H groups in total. The lowest BCUT2D eigenvalue weighted by Crippen LogP contribution is -2.37. The van der Waals surface area contributed by atoms with Crippen molar-refractivity contribution in [2.45, 2.75) is 72.8 Å². The van der Waals surface area contributed by atoms with Crippen molar-refractivity contribution in [3.8, 4) is 0 Å². The van der Waals surface area contributed by atoms with Crippen LogP contribution in [0.25, 0.3) is 0 Å². The van der Waals surface area contributed by atoms with E-state index in [1.165, 1.54) is 32.1 Å². The Morgan fingerprint density at radius 1 is 1.00 bits per heavy atom. The van der Waals surface area contributed by atoms with Crippen molar-refractivity contribution in [3.05, 3.63) is 0 Å². The minimum absolute atomic E-state index is 0.392. The zero-order valence-electron chi connectivity index (χ0n) is 11.7. The van der Waals surface area contributed by atoms with Crippen LogP contribution in [0.1, 0.15) is 66.7 Å². The van der Waals surface area contributed by atoms with Gasteiger partial charge in [-0.05, 0) is 24.8 Å². The van der Waals surface area contributed by atoms with Crippen LogP contribution in [-0.4, -0.2) is 13.1 Å². The van der Waals surface area contributed by atoms with E-state index >= 15 is 0 Å². The molecule has 0 fully saturated rings. The monoisotopic (exact) mass is 213 g/mol. The molecule has 15 heavy (non-hydrogen) atoms. The Balaban J connectivity index is 3.82. The van der Waals surface area contributed by atoms with Gasteiger partial charge in [-0.15, -0.1) is 0 Å². The molecule has 1 nitrogen and oxygen atoms in total. The van der Waals surface area contributed by atoms with Gasteiger partial charge in [0.25, 0.3) is 0 Å². The normalized spacial score (nSPS) is 14.6.